The van der Waals surface area contributed by atoms with E-state index in [0.29, 0.717) is 17.1 Å². The van der Waals surface area contributed by atoms with E-state index >= 15 is 0 Å². The lowest BCUT2D eigenvalue weighted by Crippen LogP contribution is -2.40. The minimum atomic E-state index is -0.904. The third-order valence-corrected chi connectivity index (χ3v) is 4.04. The summed E-state index contributed by atoms with van der Waals surface area (Å²) in [7, 11) is 2.94. The molecular formula is C21H23NO6. The van der Waals surface area contributed by atoms with Gasteiger partial charge in [-0.1, -0.05) is 17.7 Å². The van der Waals surface area contributed by atoms with Gasteiger partial charge >= 0.3 is 5.97 Å². The van der Waals surface area contributed by atoms with Gasteiger partial charge in [0.1, 0.15) is 17.5 Å². The van der Waals surface area contributed by atoms with Crippen molar-refractivity contribution in [3.63, 3.8) is 0 Å². The van der Waals surface area contributed by atoms with Crippen LogP contribution in [0.4, 0.5) is 0 Å². The number of ketones is 1. The number of hydrogen-bond donors (Lipinski definition) is 1. The van der Waals surface area contributed by atoms with Gasteiger partial charge in [0.05, 0.1) is 19.8 Å². The van der Waals surface area contributed by atoms with Gasteiger partial charge in [-0.05, 0) is 38.1 Å². The first-order valence-corrected chi connectivity index (χ1v) is 8.65. The first kappa shape index (κ1) is 21.0. The summed E-state index contributed by atoms with van der Waals surface area (Å²) in [6.45, 7) is 2.90. The van der Waals surface area contributed by atoms with Crippen LogP contribution in [0, 0.1) is 6.92 Å². The normalized spacial score (nSPS) is 11.3. The van der Waals surface area contributed by atoms with Crippen LogP contribution in [0.2, 0.25) is 0 Å². The van der Waals surface area contributed by atoms with Crippen LogP contribution in [0.3, 0.4) is 0 Å². The molecule has 0 aromatic heterocycles. The van der Waals surface area contributed by atoms with E-state index in [2.05, 4.69) is 5.32 Å². The second-order valence-corrected chi connectivity index (χ2v) is 6.16. The number of carbonyl (C=O) groups is 3. The summed E-state index contributed by atoms with van der Waals surface area (Å²) in [6.07, 6.45) is 0. The van der Waals surface area contributed by atoms with Crippen molar-refractivity contribution in [1.82, 2.24) is 5.32 Å². The Morgan fingerprint density at radius 3 is 2.43 bits per heavy atom. The summed E-state index contributed by atoms with van der Waals surface area (Å²) in [5, 5.41) is 2.56. The van der Waals surface area contributed by atoms with Gasteiger partial charge in [0, 0.05) is 11.6 Å². The molecule has 0 bridgehead atoms. The number of ether oxygens (including phenoxy) is 3. The van der Waals surface area contributed by atoms with Crippen LogP contribution in [0.25, 0.3) is 0 Å². The molecule has 7 nitrogen and oxygen atoms in total. The zero-order valence-electron chi connectivity index (χ0n) is 16.3. The molecule has 0 heterocycles. The predicted octanol–water partition coefficient (Wildman–Crippen LogP) is 2.56. The molecule has 0 aliphatic heterocycles. The Balaban J connectivity index is 1.94. The molecule has 2 aromatic carbocycles. The van der Waals surface area contributed by atoms with Crippen molar-refractivity contribution >= 4 is 17.7 Å². The predicted molar refractivity (Wildman–Crippen MR) is 103 cm³/mol. The zero-order valence-corrected chi connectivity index (χ0v) is 16.3. The Morgan fingerprint density at radius 2 is 1.79 bits per heavy atom. The summed E-state index contributed by atoms with van der Waals surface area (Å²) in [5.74, 6) is -0.665. The highest BCUT2D eigenvalue weighted by Gasteiger charge is 2.21. The number of benzene rings is 2. The zero-order chi connectivity index (χ0) is 20.7. The molecule has 0 aliphatic rings. The maximum absolute atomic E-state index is 12.3. The minimum Gasteiger partial charge on any atom is -0.497 e. The fourth-order valence-corrected chi connectivity index (χ4v) is 2.49. The third-order valence-electron chi connectivity index (χ3n) is 4.04. The maximum Gasteiger partial charge on any atom is 0.328 e. The van der Waals surface area contributed by atoms with E-state index in [1.807, 2.05) is 13.0 Å². The largest absolute Gasteiger partial charge is 0.497 e. The number of hydrogen-bond acceptors (Lipinski definition) is 6. The summed E-state index contributed by atoms with van der Waals surface area (Å²) in [6, 6.07) is 10.8. The molecule has 0 fully saturated rings. The van der Waals surface area contributed by atoms with E-state index in [-0.39, 0.29) is 5.56 Å². The molecule has 0 aliphatic carbocycles. The Hall–Kier alpha value is -3.35. The molecular weight excluding hydrogens is 362 g/mol. The SMILES string of the molecule is COc1ccc(C(=O)COC(=O)[C@H](C)NC(=O)c2cccc(C)c2)c(OC)c1. The van der Waals surface area contributed by atoms with Gasteiger partial charge in [-0.3, -0.25) is 9.59 Å². The van der Waals surface area contributed by atoms with E-state index in [9.17, 15) is 14.4 Å². The Bertz CT molecular complexity index is 877. The number of Topliss-reactive ketones (excluding diaryl/α,β-unsaturated/α-hetero) is 1. The molecule has 0 saturated carbocycles. The van der Waals surface area contributed by atoms with Crippen molar-refractivity contribution < 1.29 is 28.6 Å². The molecule has 0 unspecified atom stereocenters. The molecule has 1 atom stereocenters. The molecule has 0 spiro atoms. The lowest BCUT2D eigenvalue weighted by atomic mass is 10.1. The third kappa shape index (κ3) is 5.33. The van der Waals surface area contributed by atoms with Crippen LogP contribution in [0.1, 0.15) is 33.2 Å². The van der Waals surface area contributed by atoms with E-state index in [1.54, 1.807) is 30.3 Å². The number of rotatable bonds is 8. The standard InChI is InChI=1S/C21H23NO6/c1-13-6-5-7-15(10-13)20(24)22-14(2)21(25)28-12-18(23)17-9-8-16(26-3)11-19(17)27-4/h5-11,14H,12H2,1-4H3,(H,22,24)/t14-/m0/s1. The van der Waals surface area contributed by atoms with Crippen LogP contribution in [0.5, 0.6) is 11.5 Å². The highest BCUT2D eigenvalue weighted by Crippen LogP contribution is 2.25. The van der Waals surface area contributed by atoms with Gasteiger partial charge < -0.3 is 19.5 Å². The van der Waals surface area contributed by atoms with Crippen molar-refractivity contribution in [2.24, 2.45) is 0 Å². The fraction of sp³-hybridized carbons (Fsp3) is 0.286. The molecule has 148 valence electrons. The monoisotopic (exact) mass is 385 g/mol. The van der Waals surface area contributed by atoms with Gasteiger partial charge in [-0.15, -0.1) is 0 Å². The minimum absolute atomic E-state index is 0.271. The molecule has 7 heteroatoms. The van der Waals surface area contributed by atoms with Crippen LogP contribution in [-0.4, -0.2) is 44.5 Å². The van der Waals surface area contributed by atoms with Crippen molar-refractivity contribution in [3.05, 3.63) is 59.2 Å². The molecule has 2 rings (SSSR count). The smallest absolute Gasteiger partial charge is 0.328 e. The van der Waals surface area contributed by atoms with Crippen LogP contribution >= 0.6 is 0 Å². The van der Waals surface area contributed by atoms with Crippen LogP contribution in [-0.2, 0) is 9.53 Å². The number of nitrogens with one attached hydrogen (secondary N) is 1. The molecule has 0 saturated heterocycles. The van der Waals surface area contributed by atoms with Crippen LogP contribution < -0.4 is 14.8 Å². The number of esters is 1. The lowest BCUT2D eigenvalue weighted by molar-refractivity contribution is -0.144. The van der Waals surface area contributed by atoms with Gasteiger partial charge in [0.15, 0.2) is 6.61 Å². The second-order valence-electron chi connectivity index (χ2n) is 6.16. The Morgan fingerprint density at radius 1 is 1.04 bits per heavy atom. The van der Waals surface area contributed by atoms with E-state index < -0.39 is 30.3 Å². The van der Waals surface area contributed by atoms with E-state index in [4.69, 9.17) is 14.2 Å². The molecule has 2 aromatic rings. The van der Waals surface area contributed by atoms with Gasteiger partial charge in [-0.25, -0.2) is 4.79 Å². The van der Waals surface area contributed by atoms with Gasteiger partial charge in [0.25, 0.3) is 5.91 Å². The molecule has 1 N–H and O–H groups in total. The molecule has 0 radical (unpaired) electrons. The second kappa shape index (κ2) is 9.55. The highest BCUT2D eigenvalue weighted by atomic mass is 16.5. The lowest BCUT2D eigenvalue weighted by Gasteiger charge is -2.14. The Kier molecular flexibility index (Phi) is 7.14. The van der Waals surface area contributed by atoms with Crippen molar-refractivity contribution in [1.29, 1.82) is 0 Å². The van der Waals surface area contributed by atoms with Crippen molar-refractivity contribution in [2.45, 2.75) is 19.9 Å². The van der Waals surface area contributed by atoms with Crippen molar-refractivity contribution in [3.8, 4) is 11.5 Å². The first-order valence-electron chi connectivity index (χ1n) is 8.65. The number of methoxy groups -OCH3 is 2. The number of aryl methyl sites for hydroxylation is 1. The summed E-state index contributed by atoms with van der Waals surface area (Å²) in [4.78, 5) is 36.7. The topological polar surface area (TPSA) is 90.9 Å². The average Bonchev–Trinajstić information content (AvgIpc) is 2.70. The first-order chi connectivity index (χ1) is 13.3. The fourth-order valence-electron chi connectivity index (χ4n) is 2.49. The quantitative estimate of drug-likeness (QED) is 0.555. The summed E-state index contributed by atoms with van der Waals surface area (Å²) >= 11 is 0. The number of amides is 1. The molecule has 1 amide bonds. The Labute approximate surface area is 163 Å². The number of carbonyl (C=O) groups excluding carboxylic acids is 3. The maximum atomic E-state index is 12.3. The highest BCUT2D eigenvalue weighted by molar-refractivity contribution is 6.01. The van der Waals surface area contributed by atoms with Gasteiger partial charge in [-0.2, -0.15) is 0 Å². The average molecular weight is 385 g/mol. The summed E-state index contributed by atoms with van der Waals surface area (Å²) < 4.78 is 15.3. The van der Waals surface area contributed by atoms with E-state index in [0.717, 1.165) is 5.56 Å². The van der Waals surface area contributed by atoms with E-state index in [1.165, 1.54) is 27.2 Å². The van der Waals surface area contributed by atoms with Gasteiger partial charge in [0.2, 0.25) is 5.78 Å². The molecule has 28 heavy (non-hydrogen) atoms. The summed E-state index contributed by atoms with van der Waals surface area (Å²) in [5.41, 5.74) is 1.65. The van der Waals surface area contributed by atoms with Crippen molar-refractivity contribution in [2.75, 3.05) is 20.8 Å². The van der Waals surface area contributed by atoms with Crippen LogP contribution in [0.15, 0.2) is 42.5 Å².